The number of hydrogen-bond donors (Lipinski definition) is 0. The van der Waals surface area contributed by atoms with E-state index < -0.39 is 5.41 Å². The van der Waals surface area contributed by atoms with Crippen LogP contribution in [-0.2, 0) is 22.7 Å². The smallest absolute Gasteiger partial charge is 0.242 e. The first-order chi connectivity index (χ1) is 13.7. The number of carbonyl (C=O) groups excluding carboxylic acids is 2. The molecule has 0 spiro atoms. The molecule has 0 saturated carbocycles. The first-order valence-corrected chi connectivity index (χ1v) is 11.3. The summed E-state index contributed by atoms with van der Waals surface area (Å²) >= 11 is 7.66. The maximum absolute atomic E-state index is 13.3. The van der Waals surface area contributed by atoms with E-state index in [-0.39, 0.29) is 30.2 Å². The third-order valence-corrected chi connectivity index (χ3v) is 6.14. The summed E-state index contributed by atoms with van der Waals surface area (Å²) in [6.07, 6.45) is 0. The van der Waals surface area contributed by atoms with Crippen molar-refractivity contribution in [1.82, 2.24) is 9.80 Å². The van der Waals surface area contributed by atoms with Gasteiger partial charge in [0.05, 0.1) is 18.5 Å². The monoisotopic (exact) mass is 434 g/mol. The summed E-state index contributed by atoms with van der Waals surface area (Å²) in [7, 11) is 0. The van der Waals surface area contributed by atoms with Crippen LogP contribution in [0.15, 0.2) is 47.8 Å². The summed E-state index contributed by atoms with van der Waals surface area (Å²) in [5, 5.41) is 2.01. The molecule has 1 aromatic heterocycles. The summed E-state index contributed by atoms with van der Waals surface area (Å²) in [6, 6.07) is 14.0. The second kappa shape index (κ2) is 10.8. The molecule has 0 unspecified atom stereocenters. The molecule has 0 aliphatic carbocycles. The van der Waals surface area contributed by atoms with Crippen molar-refractivity contribution in [3.8, 4) is 0 Å². The molecule has 2 aromatic rings. The van der Waals surface area contributed by atoms with Crippen molar-refractivity contribution in [2.24, 2.45) is 11.3 Å². The van der Waals surface area contributed by atoms with Gasteiger partial charge in [0.25, 0.3) is 0 Å². The zero-order valence-corrected chi connectivity index (χ0v) is 19.3. The molecule has 0 bridgehead atoms. The Morgan fingerprint density at radius 3 is 2.28 bits per heavy atom. The number of alkyl halides is 1. The molecule has 0 radical (unpaired) electrons. The fourth-order valence-corrected chi connectivity index (χ4v) is 3.87. The average Bonchev–Trinajstić information content (AvgIpc) is 3.20. The highest BCUT2D eigenvalue weighted by Crippen LogP contribution is 2.22. The van der Waals surface area contributed by atoms with Crippen molar-refractivity contribution in [1.29, 1.82) is 0 Å². The van der Waals surface area contributed by atoms with Crippen LogP contribution in [-0.4, -0.2) is 40.6 Å². The highest BCUT2D eigenvalue weighted by Gasteiger charge is 2.33. The molecule has 0 aliphatic heterocycles. The predicted molar refractivity (Wildman–Crippen MR) is 121 cm³/mol. The van der Waals surface area contributed by atoms with Crippen LogP contribution in [0.3, 0.4) is 0 Å². The van der Waals surface area contributed by atoms with Gasteiger partial charge in [0.15, 0.2) is 0 Å². The lowest BCUT2D eigenvalue weighted by Crippen LogP contribution is -2.48. The van der Waals surface area contributed by atoms with Gasteiger partial charge in [0.2, 0.25) is 11.8 Å². The first-order valence-electron chi connectivity index (χ1n) is 9.92. The van der Waals surface area contributed by atoms with E-state index in [1.807, 2.05) is 80.4 Å². The van der Waals surface area contributed by atoms with E-state index in [2.05, 4.69) is 0 Å². The minimum absolute atomic E-state index is 0.0541. The van der Waals surface area contributed by atoms with Crippen molar-refractivity contribution in [2.45, 2.75) is 40.8 Å². The summed E-state index contributed by atoms with van der Waals surface area (Å²) in [6.45, 7) is 9.39. The number of carbonyl (C=O) groups is 2. The van der Waals surface area contributed by atoms with E-state index in [0.29, 0.717) is 19.6 Å². The lowest BCUT2D eigenvalue weighted by atomic mass is 9.93. The number of nitrogens with zero attached hydrogens (tertiary/aromatic N) is 2. The highest BCUT2D eigenvalue weighted by molar-refractivity contribution is 7.09. The number of rotatable bonds is 10. The minimum atomic E-state index is -0.700. The van der Waals surface area contributed by atoms with Crippen molar-refractivity contribution in [3.63, 3.8) is 0 Å². The molecule has 158 valence electrons. The van der Waals surface area contributed by atoms with E-state index in [9.17, 15) is 9.59 Å². The zero-order valence-electron chi connectivity index (χ0n) is 17.7. The molecule has 6 heteroatoms. The van der Waals surface area contributed by atoms with Crippen LogP contribution in [0.2, 0.25) is 0 Å². The lowest BCUT2D eigenvalue weighted by molar-refractivity contribution is -0.146. The summed E-state index contributed by atoms with van der Waals surface area (Å²) in [5.41, 5.74) is 0.370. The van der Waals surface area contributed by atoms with Gasteiger partial charge in [-0.25, -0.2) is 0 Å². The van der Waals surface area contributed by atoms with Crippen LogP contribution in [0.25, 0.3) is 0 Å². The Labute approximate surface area is 183 Å². The molecule has 2 rings (SSSR count). The number of amides is 2. The molecular weight excluding hydrogens is 404 g/mol. The number of thiophene rings is 1. The Hall–Kier alpha value is -1.85. The Balaban J connectivity index is 2.21. The van der Waals surface area contributed by atoms with Crippen LogP contribution < -0.4 is 0 Å². The van der Waals surface area contributed by atoms with Crippen LogP contribution in [0.1, 0.15) is 38.1 Å². The second-order valence-corrected chi connectivity index (χ2v) is 9.71. The van der Waals surface area contributed by atoms with Gasteiger partial charge >= 0.3 is 0 Å². The van der Waals surface area contributed by atoms with Gasteiger partial charge in [-0.3, -0.25) is 9.59 Å². The largest absolute Gasteiger partial charge is 0.333 e. The van der Waals surface area contributed by atoms with Crippen LogP contribution >= 0.6 is 22.9 Å². The third kappa shape index (κ3) is 7.16. The fraction of sp³-hybridized carbons (Fsp3) is 0.478. The minimum Gasteiger partial charge on any atom is -0.333 e. The van der Waals surface area contributed by atoms with E-state index in [4.69, 9.17) is 11.6 Å². The molecule has 2 amide bonds. The molecule has 29 heavy (non-hydrogen) atoms. The number of hydrogen-bond acceptors (Lipinski definition) is 3. The molecule has 0 atom stereocenters. The Kier molecular flexibility index (Phi) is 8.72. The van der Waals surface area contributed by atoms with Crippen molar-refractivity contribution >= 4 is 34.8 Å². The molecule has 1 aromatic carbocycles. The van der Waals surface area contributed by atoms with Gasteiger partial charge in [0.1, 0.15) is 0 Å². The normalized spacial score (nSPS) is 11.5. The SMILES string of the molecule is CC(C)CN(CC(=O)N(Cc1ccccc1)Cc1cccs1)C(=O)C(C)(C)CCl. The standard InChI is InChI=1S/C23H31ClN2O2S/c1-18(2)13-26(22(28)23(3,4)17-24)16-21(27)25(15-20-11-8-12-29-20)14-19-9-6-5-7-10-19/h5-12,18H,13-17H2,1-4H3. The second-order valence-electron chi connectivity index (χ2n) is 8.41. The molecule has 0 aliphatic rings. The van der Waals surface area contributed by atoms with E-state index in [1.165, 1.54) is 0 Å². The molecule has 4 nitrogen and oxygen atoms in total. The fourth-order valence-electron chi connectivity index (χ4n) is 3.04. The molecule has 0 fully saturated rings. The van der Waals surface area contributed by atoms with E-state index in [0.717, 1.165) is 10.4 Å². The van der Waals surface area contributed by atoms with Gasteiger partial charge in [-0.05, 0) is 36.8 Å². The highest BCUT2D eigenvalue weighted by atomic mass is 35.5. The van der Waals surface area contributed by atoms with Gasteiger partial charge in [-0.2, -0.15) is 0 Å². The quantitative estimate of drug-likeness (QED) is 0.492. The van der Waals surface area contributed by atoms with Gasteiger partial charge < -0.3 is 9.80 Å². The average molecular weight is 435 g/mol. The number of benzene rings is 1. The van der Waals surface area contributed by atoms with Crippen LogP contribution in [0, 0.1) is 11.3 Å². The molecule has 1 heterocycles. The van der Waals surface area contributed by atoms with Gasteiger partial charge in [-0.1, -0.05) is 50.2 Å². The Bertz CT molecular complexity index is 775. The van der Waals surface area contributed by atoms with E-state index >= 15 is 0 Å². The maximum Gasteiger partial charge on any atom is 0.242 e. The van der Waals surface area contributed by atoms with Crippen LogP contribution in [0.5, 0.6) is 0 Å². The summed E-state index contributed by atoms with van der Waals surface area (Å²) < 4.78 is 0. The predicted octanol–water partition coefficient (Wildman–Crippen LogP) is 5.03. The summed E-state index contributed by atoms with van der Waals surface area (Å²) in [4.78, 5) is 30.9. The zero-order chi connectivity index (χ0) is 21.4. The molecule has 0 N–H and O–H groups in total. The van der Waals surface area contributed by atoms with Crippen molar-refractivity contribution in [3.05, 3.63) is 58.3 Å². The summed E-state index contributed by atoms with van der Waals surface area (Å²) in [5.74, 6) is 0.349. The van der Waals surface area contributed by atoms with Gasteiger partial charge in [0, 0.05) is 23.8 Å². The maximum atomic E-state index is 13.3. The van der Waals surface area contributed by atoms with E-state index in [1.54, 1.807) is 16.2 Å². The lowest BCUT2D eigenvalue weighted by Gasteiger charge is -2.33. The Morgan fingerprint density at radius 1 is 1.03 bits per heavy atom. The molecular formula is C23H31ClN2O2S. The van der Waals surface area contributed by atoms with Crippen molar-refractivity contribution < 1.29 is 9.59 Å². The Morgan fingerprint density at radius 2 is 1.72 bits per heavy atom. The first kappa shape index (κ1) is 23.4. The number of halogens is 1. The van der Waals surface area contributed by atoms with Crippen LogP contribution in [0.4, 0.5) is 0 Å². The molecule has 0 saturated heterocycles. The van der Waals surface area contributed by atoms with Gasteiger partial charge in [-0.15, -0.1) is 22.9 Å². The topological polar surface area (TPSA) is 40.6 Å². The third-order valence-electron chi connectivity index (χ3n) is 4.61. The van der Waals surface area contributed by atoms with Crippen molar-refractivity contribution in [2.75, 3.05) is 19.0 Å².